The van der Waals surface area contributed by atoms with Gasteiger partial charge in [-0.2, -0.15) is 0 Å². The molecule has 6 heteroatoms. The molecule has 0 saturated carbocycles. The minimum atomic E-state index is -0.612. The number of hydrogen-bond acceptors (Lipinski definition) is 4. The molecule has 0 aromatic heterocycles. The molecule has 1 aromatic rings. The maximum Gasteiger partial charge on any atom is 0.271 e. The Hall–Kier alpha value is -1.95. The van der Waals surface area contributed by atoms with Crippen molar-refractivity contribution in [2.75, 3.05) is 5.32 Å². The SMILES string of the molecule is Cc1ccc([N+](=O)[O-])cc1NC(=O)[C@H](N)CC(C)C. The lowest BCUT2D eigenvalue weighted by Crippen LogP contribution is -2.36. The topological polar surface area (TPSA) is 98.3 Å². The Labute approximate surface area is 112 Å². The number of carbonyl (C=O) groups excluding carboxylic acids is 1. The highest BCUT2D eigenvalue weighted by molar-refractivity contribution is 5.95. The van der Waals surface area contributed by atoms with Crippen LogP contribution in [0.4, 0.5) is 11.4 Å². The molecule has 0 aliphatic rings. The highest BCUT2D eigenvalue weighted by atomic mass is 16.6. The second kappa shape index (κ2) is 6.29. The first kappa shape index (κ1) is 15.1. The van der Waals surface area contributed by atoms with E-state index in [1.54, 1.807) is 13.0 Å². The average molecular weight is 265 g/mol. The van der Waals surface area contributed by atoms with Crippen molar-refractivity contribution >= 4 is 17.3 Å². The number of rotatable bonds is 5. The van der Waals surface area contributed by atoms with Gasteiger partial charge in [-0.05, 0) is 24.8 Å². The summed E-state index contributed by atoms with van der Waals surface area (Å²) in [5.41, 5.74) is 6.90. The largest absolute Gasteiger partial charge is 0.324 e. The third kappa shape index (κ3) is 4.33. The molecule has 0 spiro atoms. The summed E-state index contributed by atoms with van der Waals surface area (Å²) in [7, 11) is 0. The fourth-order valence-electron chi connectivity index (χ4n) is 1.70. The zero-order valence-corrected chi connectivity index (χ0v) is 11.3. The Balaban J connectivity index is 2.84. The minimum Gasteiger partial charge on any atom is -0.324 e. The number of hydrogen-bond donors (Lipinski definition) is 2. The summed E-state index contributed by atoms with van der Waals surface area (Å²) in [6.45, 7) is 5.73. The van der Waals surface area contributed by atoms with Gasteiger partial charge in [0.15, 0.2) is 0 Å². The van der Waals surface area contributed by atoms with Gasteiger partial charge in [-0.3, -0.25) is 14.9 Å². The van der Waals surface area contributed by atoms with Crippen LogP contribution < -0.4 is 11.1 Å². The van der Waals surface area contributed by atoms with E-state index >= 15 is 0 Å². The fourth-order valence-corrected chi connectivity index (χ4v) is 1.70. The third-order valence-electron chi connectivity index (χ3n) is 2.75. The van der Waals surface area contributed by atoms with Gasteiger partial charge in [0.1, 0.15) is 0 Å². The molecule has 0 heterocycles. The number of nitrogens with two attached hydrogens (primary N) is 1. The van der Waals surface area contributed by atoms with Crippen molar-refractivity contribution in [3.8, 4) is 0 Å². The van der Waals surface area contributed by atoms with Gasteiger partial charge in [0, 0.05) is 12.1 Å². The maximum atomic E-state index is 11.9. The number of amides is 1. The molecule has 0 fully saturated rings. The van der Waals surface area contributed by atoms with Crippen LogP contribution in [0.15, 0.2) is 18.2 Å². The van der Waals surface area contributed by atoms with Crippen LogP contribution in [0.3, 0.4) is 0 Å². The Kier molecular flexibility index (Phi) is 5.00. The molecular formula is C13H19N3O3. The molecular weight excluding hydrogens is 246 g/mol. The molecule has 1 atom stereocenters. The standard InChI is InChI=1S/C13H19N3O3/c1-8(2)6-11(14)13(17)15-12-7-10(16(18)19)5-4-9(12)3/h4-5,7-8,11H,6,14H2,1-3H3,(H,15,17)/t11-/m1/s1. The van der Waals surface area contributed by atoms with E-state index in [-0.39, 0.29) is 11.6 Å². The molecule has 0 aliphatic carbocycles. The average Bonchev–Trinajstić information content (AvgIpc) is 2.30. The quantitative estimate of drug-likeness (QED) is 0.630. The van der Waals surface area contributed by atoms with Crippen molar-refractivity contribution in [3.63, 3.8) is 0 Å². The second-order valence-corrected chi connectivity index (χ2v) is 4.98. The fraction of sp³-hybridized carbons (Fsp3) is 0.462. The summed E-state index contributed by atoms with van der Waals surface area (Å²) in [5.74, 6) is -0.00995. The van der Waals surface area contributed by atoms with Crippen LogP contribution >= 0.6 is 0 Å². The van der Waals surface area contributed by atoms with E-state index in [4.69, 9.17) is 5.73 Å². The molecule has 6 nitrogen and oxygen atoms in total. The summed E-state index contributed by atoms with van der Waals surface area (Å²) in [4.78, 5) is 22.1. The summed E-state index contributed by atoms with van der Waals surface area (Å²) < 4.78 is 0. The van der Waals surface area contributed by atoms with E-state index in [0.29, 0.717) is 18.0 Å². The van der Waals surface area contributed by atoms with Crippen molar-refractivity contribution in [1.29, 1.82) is 0 Å². The van der Waals surface area contributed by atoms with E-state index in [2.05, 4.69) is 5.32 Å². The van der Waals surface area contributed by atoms with Crippen LogP contribution in [-0.2, 0) is 4.79 Å². The van der Waals surface area contributed by atoms with E-state index in [9.17, 15) is 14.9 Å². The Bertz CT molecular complexity index is 486. The summed E-state index contributed by atoms with van der Waals surface area (Å²) in [5, 5.41) is 13.3. The number of carbonyl (C=O) groups is 1. The normalized spacial score (nSPS) is 12.3. The molecule has 1 aromatic carbocycles. The van der Waals surface area contributed by atoms with Crippen LogP contribution in [0.5, 0.6) is 0 Å². The van der Waals surface area contributed by atoms with Gasteiger partial charge in [0.05, 0.1) is 16.7 Å². The second-order valence-electron chi connectivity index (χ2n) is 4.98. The zero-order valence-electron chi connectivity index (χ0n) is 11.3. The van der Waals surface area contributed by atoms with E-state index < -0.39 is 11.0 Å². The Morgan fingerprint density at radius 3 is 2.63 bits per heavy atom. The Morgan fingerprint density at radius 2 is 2.11 bits per heavy atom. The van der Waals surface area contributed by atoms with Gasteiger partial charge in [-0.15, -0.1) is 0 Å². The molecule has 0 bridgehead atoms. The Morgan fingerprint density at radius 1 is 1.47 bits per heavy atom. The first-order valence-corrected chi connectivity index (χ1v) is 6.12. The molecule has 19 heavy (non-hydrogen) atoms. The van der Waals surface area contributed by atoms with Crippen LogP contribution in [0.25, 0.3) is 0 Å². The van der Waals surface area contributed by atoms with Crippen molar-refractivity contribution in [2.45, 2.75) is 33.2 Å². The van der Waals surface area contributed by atoms with Gasteiger partial charge in [0.25, 0.3) is 5.69 Å². The molecule has 0 aliphatic heterocycles. The number of anilines is 1. The lowest BCUT2D eigenvalue weighted by Gasteiger charge is -2.15. The van der Waals surface area contributed by atoms with Crippen molar-refractivity contribution in [2.24, 2.45) is 11.7 Å². The first-order chi connectivity index (χ1) is 8.81. The lowest BCUT2D eigenvalue weighted by molar-refractivity contribution is -0.384. The molecule has 0 radical (unpaired) electrons. The predicted molar refractivity (Wildman–Crippen MR) is 73.9 cm³/mol. The summed E-state index contributed by atoms with van der Waals surface area (Å²) in [6.07, 6.45) is 0.569. The molecule has 0 unspecified atom stereocenters. The number of nitro benzene ring substituents is 1. The number of non-ortho nitro benzene ring substituents is 1. The van der Waals surface area contributed by atoms with Gasteiger partial charge in [-0.25, -0.2) is 0 Å². The maximum absolute atomic E-state index is 11.9. The monoisotopic (exact) mass is 265 g/mol. The van der Waals surface area contributed by atoms with E-state index in [0.717, 1.165) is 5.56 Å². The van der Waals surface area contributed by atoms with Crippen molar-refractivity contribution in [3.05, 3.63) is 33.9 Å². The van der Waals surface area contributed by atoms with Gasteiger partial charge in [0.2, 0.25) is 5.91 Å². The van der Waals surface area contributed by atoms with Gasteiger partial charge in [-0.1, -0.05) is 19.9 Å². The van der Waals surface area contributed by atoms with E-state index in [1.807, 2.05) is 13.8 Å². The van der Waals surface area contributed by atoms with Crippen LogP contribution in [0, 0.1) is 23.0 Å². The lowest BCUT2D eigenvalue weighted by atomic mass is 10.0. The van der Waals surface area contributed by atoms with Crippen LogP contribution in [0.2, 0.25) is 0 Å². The smallest absolute Gasteiger partial charge is 0.271 e. The van der Waals surface area contributed by atoms with Crippen molar-refractivity contribution < 1.29 is 9.72 Å². The highest BCUT2D eigenvalue weighted by Crippen LogP contribution is 2.22. The van der Waals surface area contributed by atoms with Crippen molar-refractivity contribution in [1.82, 2.24) is 0 Å². The number of nitrogens with one attached hydrogen (secondary N) is 1. The molecule has 3 N–H and O–H groups in total. The van der Waals surface area contributed by atoms with Gasteiger partial charge >= 0.3 is 0 Å². The molecule has 104 valence electrons. The summed E-state index contributed by atoms with van der Waals surface area (Å²) in [6, 6.07) is 3.73. The number of benzene rings is 1. The number of aryl methyl sites for hydroxylation is 1. The first-order valence-electron chi connectivity index (χ1n) is 6.12. The number of nitro groups is 1. The minimum absolute atomic E-state index is 0.0571. The third-order valence-corrected chi connectivity index (χ3v) is 2.75. The highest BCUT2D eigenvalue weighted by Gasteiger charge is 2.17. The van der Waals surface area contributed by atoms with Crippen LogP contribution in [0.1, 0.15) is 25.8 Å². The summed E-state index contributed by atoms with van der Waals surface area (Å²) >= 11 is 0. The molecule has 0 saturated heterocycles. The zero-order chi connectivity index (χ0) is 14.6. The predicted octanol–water partition coefficient (Wildman–Crippen LogP) is 2.22. The molecule has 1 amide bonds. The van der Waals surface area contributed by atoms with Gasteiger partial charge < -0.3 is 11.1 Å². The number of nitrogens with zero attached hydrogens (tertiary/aromatic N) is 1. The van der Waals surface area contributed by atoms with E-state index in [1.165, 1.54) is 12.1 Å². The van der Waals surface area contributed by atoms with Crippen LogP contribution in [-0.4, -0.2) is 16.9 Å². The molecule has 1 rings (SSSR count).